The monoisotopic (exact) mass is 458 g/mol. The fourth-order valence-corrected chi connectivity index (χ4v) is 2.24. The summed E-state index contributed by atoms with van der Waals surface area (Å²) in [4.78, 5) is 4.20. The van der Waals surface area contributed by atoms with Gasteiger partial charge in [0.05, 0.1) is 12.2 Å². The van der Waals surface area contributed by atoms with E-state index in [0.29, 0.717) is 18.2 Å². The van der Waals surface area contributed by atoms with E-state index >= 15 is 0 Å². The van der Waals surface area contributed by atoms with Crippen LogP contribution in [0.15, 0.2) is 39.8 Å². The van der Waals surface area contributed by atoms with Crippen molar-refractivity contribution in [1.29, 1.82) is 0 Å². The summed E-state index contributed by atoms with van der Waals surface area (Å²) >= 11 is 0. The van der Waals surface area contributed by atoms with E-state index in [2.05, 4.69) is 34.6 Å². The number of phenolic OH excluding ortho intramolecular Hbond substituents is 1. The Bertz CT molecular complexity index is 653. The predicted molar refractivity (Wildman–Crippen MR) is 111 cm³/mol. The molecule has 1 aromatic heterocycles. The lowest BCUT2D eigenvalue weighted by Crippen LogP contribution is -2.37. The van der Waals surface area contributed by atoms with Crippen LogP contribution in [0.2, 0.25) is 0 Å². The number of hydrogen-bond acceptors (Lipinski definition) is 4. The average Bonchev–Trinajstić information content (AvgIpc) is 3.05. The molecule has 25 heavy (non-hydrogen) atoms. The van der Waals surface area contributed by atoms with Crippen molar-refractivity contribution in [2.24, 2.45) is 4.99 Å². The summed E-state index contributed by atoms with van der Waals surface area (Å²) in [5.74, 6) is 2.20. The summed E-state index contributed by atoms with van der Waals surface area (Å²) < 4.78 is 5.30. The van der Waals surface area contributed by atoms with Crippen LogP contribution in [0.1, 0.15) is 43.2 Å². The number of rotatable bonds is 7. The number of nitrogens with zero attached hydrogens (tertiary/aromatic N) is 2. The molecule has 0 saturated carbocycles. The molecule has 0 spiro atoms. The molecule has 0 fully saturated rings. The lowest BCUT2D eigenvalue weighted by molar-refractivity contribution is 0.372. The van der Waals surface area contributed by atoms with E-state index in [-0.39, 0.29) is 24.0 Å². The third-order valence-electron chi connectivity index (χ3n) is 3.69. The first-order valence-electron chi connectivity index (χ1n) is 8.26. The van der Waals surface area contributed by atoms with Crippen molar-refractivity contribution in [1.82, 2.24) is 15.8 Å². The standard InChI is InChI=1S/C18H26N4O2.HI/c1-13(2)17-11-16(24-22-17)12-21-18(19-3)20-10-4-5-14-6-8-15(23)9-7-14;/h6-9,11,13,23H,4-5,10,12H2,1-3H3,(H2,19,20,21);1H. The summed E-state index contributed by atoms with van der Waals surface area (Å²) in [5, 5.41) is 19.8. The molecule has 0 aliphatic rings. The van der Waals surface area contributed by atoms with Gasteiger partial charge in [-0.05, 0) is 36.5 Å². The predicted octanol–water partition coefficient (Wildman–Crippen LogP) is 3.42. The molecule has 2 aromatic rings. The SMILES string of the molecule is CN=C(NCCCc1ccc(O)cc1)NCc1cc(C(C)C)no1.I. The zero-order valence-electron chi connectivity index (χ0n) is 15.0. The number of benzene rings is 1. The van der Waals surface area contributed by atoms with Crippen LogP contribution < -0.4 is 10.6 Å². The van der Waals surface area contributed by atoms with Gasteiger partial charge in [-0.25, -0.2) is 0 Å². The fraction of sp³-hybridized carbons (Fsp3) is 0.444. The van der Waals surface area contributed by atoms with E-state index in [4.69, 9.17) is 4.52 Å². The Hall–Kier alpha value is -1.77. The minimum atomic E-state index is 0. The highest BCUT2D eigenvalue weighted by molar-refractivity contribution is 14.0. The number of aromatic nitrogens is 1. The Morgan fingerprint density at radius 1 is 1.24 bits per heavy atom. The van der Waals surface area contributed by atoms with Gasteiger partial charge in [0.15, 0.2) is 11.7 Å². The van der Waals surface area contributed by atoms with Crippen LogP contribution in [-0.4, -0.2) is 29.8 Å². The Morgan fingerprint density at radius 2 is 1.96 bits per heavy atom. The van der Waals surface area contributed by atoms with Crippen molar-refractivity contribution in [2.75, 3.05) is 13.6 Å². The minimum Gasteiger partial charge on any atom is -0.508 e. The first kappa shape index (κ1) is 21.3. The first-order chi connectivity index (χ1) is 11.6. The number of aliphatic imine (C=N–C) groups is 1. The molecule has 6 nitrogen and oxygen atoms in total. The molecule has 0 aliphatic heterocycles. The van der Waals surface area contributed by atoms with E-state index in [1.165, 1.54) is 5.56 Å². The van der Waals surface area contributed by atoms with Gasteiger partial charge >= 0.3 is 0 Å². The number of halogens is 1. The maximum atomic E-state index is 9.27. The summed E-state index contributed by atoms with van der Waals surface area (Å²) in [7, 11) is 1.75. The summed E-state index contributed by atoms with van der Waals surface area (Å²) in [5.41, 5.74) is 2.17. The molecule has 1 aromatic carbocycles. The highest BCUT2D eigenvalue weighted by Crippen LogP contribution is 2.13. The van der Waals surface area contributed by atoms with E-state index in [0.717, 1.165) is 36.8 Å². The second-order valence-corrected chi connectivity index (χ2v) is 6.00. The van der Waals surface area contributed by atoms with Gasteiger partial charge in [-0.1, -0.05) is 31.1 Å². The number of aromatic hydroxyl groups is 1. The number of hydrogen-bond donors (Lipinski definition) is 3. The fourth-order valence-electron chi connectivity index (χ4n) is 2.24. The lowest BCUT2D eigenvalue weighted by Gasteiger charge is -2.10. The van der Waals surface area contributed by atoms with Crippen molar-refractivity contribution in [3.8, 4) is 5.75 Å². The van der Waals surface area contributed by atoms with Crippen LogP contribution in [0.4, 0.5) is 0 Å². The maximum absolute atomic E-state index is 9.27. The minimum absolute atomic E-state index is 0. The lowest BCUT2D eigenvalue weighted by atomic mass is 10.1. The van der Waals surface area contributed by atoms with Crippen LogP contribution in [-0.2, 0) is 13.0 Å². The molecule has 1 heterocycles. The molecule has 0 atom stereocenters. The Morgan fingerprint density at radius 3 is 2.56 bits per heavy atom. The molecule has 7 heteroatoms. The van der Waals surface area contributed by atoms with Crippen LogP contribution in [0, 0.1) is 0 Å². The molecule has 138 valence electrons. The van der Waals surface area contributed by atoms with Crippen LogP contribution in [0.25, 0.3) is 0 Å². The zero-order valence-corrected chi connectivity index (χ0v) is 17.3. The normalized spacial score (nSPS) is 11.3. The highest BCUT2D eigenvalue weighted by Gasteiger charge is 2.08. The molecule has 0 radical (unpaired) electrons. The van der Waals surface area contributed by atoms with E-state index in [1.54, 1.807) is 19.2 Å². The Balaban J connectivity index is 0.00000312. The second-order valence-electron chi connectivity index (χ2n) is 6.00. The zero-order chi connectivity index (χ0) is 17.4. The summed E-state index contributed by atoms with van der Waals surface area (Å²) in [6.45, 7) is 5.54. The van der Waals surface area contributed by atoms with Crippen molar-refractivity contribution >= 4 is 29.9 Å². The maximum Gasteiger partial charge on any atom is 0.191 e. The van der Waals surface area contributed by atoms with Crippen molar-refractivity contribution in [3.63, 3.8) is 0 Å². The largest absolute Gasteiger partial charge is 0.508 e. The highest BCUT2D eigenvalue weighted by atomic mass is 127. The number of nitrogens with one attached hydrogen (secondary N) is 2. The molecule has 0 bridgehead atoms. The van der Waals surface area contributed by atoms with E-state index in [9.17, 15) is 5.11 Å². The van der Waals surface area contributed by atoms with Gasteiger partial charge in [-0.15, -0.1) is 24.0 Å². The van der Waals surface area contributed by atoms with Gasteiger partial charge in [0.1, 0.15) is 5.75 Å². The van der Waals surface area contributed by atoms with Gasteiger partial charge < -0.3 is 20.3 Å². The Kier molecular flexibility index (Phi) is 9.33. The number of guanidine groups is 1. The summed E-state index contributed by atoms with van der Waals surface area (Å²) in [6.07, 6.45) is 1.93. The molecule has 0 saturated heterocycles. The molecule has 3 N–H and O–H groups in total. The van der Waals surface area contributed by atoms with Gasteiger partial charge in [-0.3, -0.25) is 4.99 Å². The number of phenols is 1. The third kappa shape index (κ3) is 7.33. The molecule has 0 unspecified atom stereocenters. The third-order valence-corrected chi connectivity index (χ3v) is 3.69. The molecular formula is C18H27IN4O2. The number of aryl methyl sites for hydroxylation is 1. The van der Waals surface area contributed by atoms with Crippen LogP contribution >= 0.6 is 24.0 Å². The van der Waals surface area contributed by atoms with Crippen molar-refractivity contribution < 1.29 is 9.63 Å². The van der Waals surface area contributed by atoms with Gasteiger partial charge in [0, 0.05) is 19.7 Å². The molecule has 0 amide bonds. The van der Waals surface area contributed by atoms with E-state index in [1.807, 2.05) is 18.2 Å². The smallest absolute Gasteiger partial charge is 0.191 e. The van der Waals surface area contributed by atoms with Crippen molar-refractivity contribution in [3.05, 3.63) is 47.3 Å². The van der Waals surface area contributed by atoms with Gasteiger partial charge in [0.25, 0.3) is 0 Å². The van der Waals surface area contributed by atoms with Gasteiger partial charge in [0.2, 0.25) is 0 Å². The van der Waals surface area contributed by atoms with Gasteiger partial charge in [-0.2, -0.15) is 0 Å². The van der Waals surface area contributed by atoms with Crippen LogP contribution in [0.3, 0.4) is 0 Å². The van der Waals surface area contributed by atoms with Crippen LogP contribution in [0.5, 0.6) is 5.75 Å². The Labute approximate surface area is 166 Å². The quantitative estimate of drug-likeness (QED) is 0.256. The topological polar surface area (TPSA) is 82.7 Å². The molecular weight excluding hydrogens is 431 g/mol. The molecule has 0 aliphatic carbocycles. The average molecular weight is 458 g/mol. The molecule has 2 rings (SSSR count). The first-order valence-corrected chi connectivity index (χ1v) is 8.26. The van der Waals surface area contributed by atoms with E-state index < -0.39 is 0 Å². The summed E-state index contributed by atoms with van der Waals surface area (Å²) in [6, 6.07) is 9.28. The van der Waals surface area contributed by atoms with Crippen molar-refractivity contribution in [2.45, 2.75) is 39.2 Å². The second kappa shape index (κ2) is 11.0.